The average molecular weight is 877 g/mol. The minimum atomic E-state index is -0.278. The van der Waals surface area contributed by atoms with Crippen LogP contribution >= 0.6 is 71.7 Å². The Balaban J connectivity index is -0.000000394. The number of nitrogens with one attached hydrogen (secondary N) is 2. The molecular weight excluding hydrogens is 838 g/mol. The van der Waals surface area contributed by atoms with Crippen LogP contribution in [0.2, 0.25) is 0 Å². The molecule has 0 aromatic carbocycles. The number of amides is 3. The Morgan fingerprint density at radius 3 is 2.00 bits per heavy atom. The second kappa shape index (κ2) is 25.7. The van der Waals surface area contributed by atoms with E-state index in [1.807, 2.05) is 20.1 Å². The molecule has 13 heteroatoms. The molecule has 0 aromatic rings. The molecular formula is C21H39I3N3O5SV. The van der Waals surface area contributed by atoms with E-state index in [4.69, 9.17) is 0 Å². The molecule has 3 atom stereocenters. The number of likely N-dealkylation sites (N-methyl/N-ethyl adjacent to an activating group) is 1. The molecule has 200 valence electrons. The molecule has 34 heavy (non-hydrogen) atoms. The molecule has 0 aromatic heterocycles. The van der Waals surface area contributed by atoms with E-state index in [-0.39, 0.29) is 46.6 Å². The van der Waals surface area contributed by atoms with Crippen LogP contribution in [-0.4, -0.2) is 71.9 Å². The number of carbonyl (C=O) groups excluding carboxylic acids is 5. The van der Waals surface area contributed by atoms with Crippen LogP contribution < -0.4 is 10.6 Å². The van der Waals surface area contributed by atoms with Crippen molar-refractivity contribution in [3.8, 4) is 0 Å². The quantitative estimate of drug-likeness (QED) is 0.258. The van der Waals surface area contributed by atoms with Gasteiger partial charge in [0.2, 0.25) is 17.7 Å². The fraction of sp³-hybridized carbons (Fsp3) is 0.762. The van der Waals surface area contributed by atoms with Gasteiger partial charge in [0.25, 0.3) is 0 Å². The number of hydrogen-bond donors (Lipinski definition) is 2. The zero-order valence-corrected chi connectivity index (χ0v) is 29.7. The molecule has 2 N–H and O–H groups in total. The van der Waals surface area contributed by atoms with Crippen molar-refractivity contribution in [3.05, 3.63) is 0 Å². The monoisotopic (exact) mass is 877 g/mol. The van der Waals surface area contributed by atoms with E-state index in [0.29, 0.717) is 12.8 Å². The molecule has 1 saturated heterocycles. The van der Waals surface area contributed by atoms with Gasteiger partial charge in [-0.15, -0.1) is 0 Å². The number of nitrogens with zero attached hydrogens (tertiary/aromatic N) is 1. The fourth-order valence-electron chi connectivity index (χ4n) is 2.68. The second-order valence-corrected chi connectivity index (χ2v) is 43.9. The number of Topliss-reactive ketones (excluding diaryl/α,β-unsaturated/α-hetero) is 1. The summed E-state index contributed by atoms with van der Waals surface area (Å²) < 4.78 is 0. The van der Waals surface area contributed by atoms with Crippen molar-refractivity contribution in [2.75, 3.05) is 19.1 Å². The van der Waals surface area contributed by atoms with Crippen molar-refractivity contribution in [1.82, 2.24) is 15.5 Å². The molecule has 0 bridgehead atoms. The Morgan fingerprint density at radius 1 is 1.21 bits per heavy atom. The van der Waals surface area contributed by atoms with Gasteiger partial charge in [0.1, 0.15) is 12.1 Å². The van der Waals surface area contributed by atoms with Crippen LogP contribution in [0, 0.1) is 0 Å². The van der Waals surface area contributed by atoms with Crippen LogP contribution in [0.1, 0.15) is 66.7 Å². The van der Waals surface area contributed by atoms with Crippen LogP contribution in [0.15, 0.2) is 0 Å². The van der Waals surface area contributed by atoms with Gasteiger partial charge in [0.05, 0.1) is 6.04 Å². The summed E-state index contributed by atoms with van der Waals surface area (Å²) in [6.45, 7) is 8.25. The first kappa shape index (κ1) is 39.5. The summed E-state index contributed by atoms with van der Waals surface area (Å²) >= 11 is 9.15. The predicted molar refractivity (Wildman–Crippen MR) is 163 cm³/mol. The van der Waals surface area contributed by atoms with Crippen molar-refractivity contribution in [1.29, 1.82) is 0 Å². The van der Waals surface area contributed by atoms with E-state index in [0.717, 1.165) is 31.3 Å². The van der Waals surface area contributed by atoms with Crippen molar-refractivity contribution in [3.63, 3.8) is 0 Å². The third kappa shape index (κ3) is 27.6. The SMILES string of the molecule is CC(=O)CCC(C)NC(C)=O.CC(=O)N1C(=O)CCC1C.CN[C@@H](C=O)CCSC.[I][V]([I])[I]. The molecule has 0 radical (unpaired) electrons. The Bertz CT molecular complexity index is 615. The third-order valence-corrected chi connectivity index (χ3v) is 5.02. The molecule has 1 aliphatic heterocycles. The third-order valence-electron chi connectivity index (χ3n) is 4.37. The summed E-state index contributed by atoms with van der Waals surface area (Å²) in [7, 11) is 1.80. The molecule has 0 spiro atoms. The Labute approximate surface area is 247 Å². The van der Waals surface area contributed by atoms with Crippen molar-refractivity contribution in [2.45, 2.75) is 84.8 Å². The maximum atomic E-state index is 10.9. The Hall–Kier alpha value is 1.03. The van der Waals surface area contributed by atoms with E-state index in [1.165, 1.54) is 18.7 Å². The molecule has 1 fully saturated rings. The van der Waals surface area contributed by atoms with Gasteiger partial charge < -0.3 is 20.2 Å². The maximum absolute atomic E-state index is 10.9. The molecule has 1 heterocycles. The predicted octanol–water partition coefficient (Wildman–Crippen LogP) is 4.61. The first-order chi connectivity index (χ1) is 15.7. The number of thioether (sulfide) groups is 1. The summed E-state index contributed by atoms with van der Waals surface area (Å²) in [6.07, 6.45) is 6.55. The number of ketones is 1. The van der Waals surface area contributed by atoms with Crippen LogP contribution in [0.25, 0.3) is 0 Å². The van der Waals surface area contributed by atoms with Crippen LogP contribution in [0.3, 0.4) is 0 Å². The molecule has 0 saturated carbocycles. The van der Waals surface area contributed by atoms with Gasteiger partial charge in [-0.3, -0.25) is 19.3 Å². The normalized spacial score (nSPS) is 16.0. The standard InChI is InChI=1S/C8H15NO2.C7H11NO2.C6H13NOS.3HI.V/c1-6(9-8(3)11)4-5-7(2)10;1-5-3-4-7(10)8(5)6(2)9;1-7-6(5-8)3-4-9-2;;;;/h6H,4-5H2,1-3H3,(H,9,11);5H,3-4H2,1-2H3;5-7H,3-4H2,1-2H3;3*1H;/q;;;;;;+3/p-3/t;;6-;;;;/m..1..../s1. The van der Waals surface area contributed by atoms with Gasteiger partial charge in [-0.05, 0) is 59.1 Å². The number of halogens is 3. The summed E-state index contributed by atoms with van der Waals surface area (Å²) in [5.41, 5.74) is 0. The van der Waals surface area contributed by atoms with Crippen molar-refractivity contribution >= 4 is 101 Å². The number of carbonyl (C=O) groups is 5. The minimum absolute atomic E-state index is 0.0278. The summed E-state index contributed by atoms with van der Waals surface area (Å²) in [5.74, 6) is 1.02. The Morgan fingerprint density at radius 2 is 1.74 bits per heavy atom. The Kier molecular flexibility index (Phi) is 29.9. The number of rotatable bonds is 9. The molecule has 0 aliphatic carbocycles. The van der Waals surface area contributed by atoms with Gasteiger partial charge in [0.15, 0.2) is 0 Å². The van der Waals surface area contributed by atoms with Crippen molar-refractivity contribution in [2.24, 2.45) is 0 Å². The van der Waals surface area contributed by atoms with E-state index in [9.17, 15) is 24.0 Å². The van der Waals surface area contributed by atoms with E-state index in [2.05, 4.69) is 70.6 Å². The topological polar surface area (TPSA) is 113 Å². The first-order valence-electron chi connectivity index (χ1n) is 10.7. The number of imide groups is 1. The van der Waals surface area contributed by atoms with E-state index < -0.39 is 0 Å². The van der Waals surface area contributed by atoms with Gasteiger partial charge in [-0.25, -0.2) is 0 Å². The van der Waals surface area contributed by atoms with Crippen LogP contribution in [-0.2, 0) is 28.9 Å². The molecule has 8 nitrogen and oxygen atoms in total. The number of hydrogen-bond acceptors (Lipinski definition) is 7. The van der Waals surface area contributed by atoms with E-state index >= 15 is 0 Å². The molecule has 2 unspecified atom stereocenters. The average Bonchev–Trinajstić information content (AvgIpc) is 3.05. The molecule has 1 aliphatic rings. The summed E-state index contributed by atoms with van der Waals surface area (Å²) in [5, 5.41) is 5.61. The number of aldehydes is 1. The second-order valence-electron chi connectivity index (χ2n) is 7.52. The van der Waals surface area contributed by atoms with Crippen LogP contribution in [0.5, 0.6) is 0 Å². The van der Waals surface area contributed by atoms with Gasteiger partial charge in [-0.2, -0.15) is 11.8 Å². The molecule has 3 amide bonds. The first-order valence-corrected chi connectivity index (χ1v) is 25.6. The van der Waals surface area contributed by atoms with Gasteiger partial charge in [0, 0.05) is 38.8 Å². The van der Waals surface area contributed by atoms with E-state index in [1.54, 1.807) is 25.7 Å². The number of likely N-dealkylation sites (tertiary alicyclic amines) is 1. The van der Waals surface area contributed by atoms with Crippen molar-refractivity contribution < 1.29 is 28.9 Å². The molecule has 1 rings (SSSR count). The fourth-order valence-corrected chi connectivity index (χ4v) is 3.17. The van der Waals surface area contributed by atoms with Gasteiger partial charge >= 0.3 is 64.9 Å². The van der Waals surface area contributed by atoms with Crippen LogP contribution in [0.4, 0.5) is 0 Å². The summed E-state index contributed by atoms with van der Waals surface area (Å²) in [4.78, 5) is 54.0. The summed E-state index contributed by atoms with van der Waals surface area (Å²) in [6, 6.07) is 0.277. The van der Waals surface area contributed by atoms with Gasteiger partial charge in [-0.1, -0.05) is 0 Å². The zero-order chi connectivity index (χ0) is 27.3. The zero-order valence-electron chi connectivity index (χ0n) is 21.0.